The van der Waals surface area contributed by atoms with Crippen LogP contribution in [0.2, 0.25) is 0 Å². The number of aliphatic hydroxyl groups is 3. The van der Waals surface area contributed by atoms with Crippen molar-refractivity contribution in [2.24, 2.45) is 0 Å². The second-order valence-electron chi connectivity index (χ2n) is 4.66. The summed E-state index contributed by atoms with van der Waals surface area (Å²) in [5, 5.41) is 29.5. The zero-order chi connectivity index (χ0) is 12.6. The number of carbonyl (C=O) groups excluding carboxylic acids is 1. The number of carbonyl (C=O) groups is 1. The number of hydrogen-bond acceptors (Lipinski definition) is 5. The van der Waals surface area contributed by atoms with E-state index in [-0.39, 0.29) is 24.4 Å². The van der Waals surface area contributed by atoms with E-state index in [0.717, 1.165) is 6.42 Å². The highest BCUT2D eigenvalue weighted by atomic mass is 16.5. The minimum Gasteiger partial charge on any atom is -0.390 e. The molecule has 5 nitrogen and oxygen atoms in total. The molecule has 0 aromatic carbocycles. The van der Waals surface area contributed by atoms with Crippen LogP contribution in [0.5, 0.6) is 0 Å². The Balaban J connectivity index is 2.30. The zero-order valence-electron chi connectivity index (χ0n) is 9.80. The van der Waals surface area contributed by atoms with Crippen molar-refractivity contribution in [3.8, 4) is 0 Å². The number of ketones is 1. The molecule has 1 heterocycles. The van der Waals surface area contributed by atoms with Gasteiger partial charge in [-0.05, 0) is 6.42 Å². The summed E-state index contributed by atoms with van der Waals surface area (Å²) >= 11 is 0. The molecule has 0 bridgehead atoms. The highest BCUT2D eigenvalue weighted by Gasteiger charge is 2.42. The lowest BCUT2D eigenvalue weighted by Crippen LogP contribution is -2.48. The number of aliphatic hydroxyl groups excluding tert-OH is 3. The highest BCUT2D eigenvalue weighted by molar-refractivity contribution is 5.98. The van der Waals surface area contributed by atoms with Crippen LogP contribution in [0, 0.1) is 0 Å². The summed E-state index contributed by atoms with van der Waals surface area (Å²) in [7, 11) is 0. The van der Waals surface area contributed by atoms with E-state index in [2.05, 4.69) is 0 Å². The van der Waals surface area contributed by atoms with Crippen molar-refractivity contribution < 1.29 is 24.9 Å². The first-order valence-electron chi connectivity index (χ1n) is 5.98. The third-order valence-electron chi connectivity index (χ3n) is 3.45. The molecule has 17 heavy (non-hydrogen) atoms. The first-order valence-corrected chi connectivity index (χ1v) is 5.98. The molecule has 0 fully saturated rings. The van der Waals surface area contributed by atoms with Crippen molar-refractivity contribution in [3.05, 3.63) is 11.1 Å². The van der Waals surface area contributed by atoms with Gasteiger partial charge in [0.2, 0.25) is 0 Å². The Morgan fingerprint density at radius 1 is 1.29 bits per heavy atom. The number of Topliss-reactive ketones (excluding diaryl/α,β-unsaturated/α-hetero) is 1. The fourth-order valence-corrected chi connectivity index (χ4v) is 2.50. The monoisotopic (exact) mass is 242 g/mol. The average Bonchev–Trinajstić information content (AvgIpc) is 2.29. The van der Waals surface area contributed by atoms with Gasteiger partial charge < -0.3 is 20.1 Å². The molecule has 0 radical (unpaired) electrons. The van der Waals surface area contributed by atoms with Gasteiger partial charge in [-0.15, -0.1) is 0 Å². The number of rotatable bonds is 2. The molecule has 0 spiro atoms. The molecule has 0 aromatic heterocycles. The summed E-state index contributed by atoms with van der Waals surface area (Å²) < 4.78 is 5.43. The van der Waals surface area contributed by atoms with Crippen LogP contribution in [0.3, 0.4) is 0 Å². The van der Waals surface area contributed by atoms with Crippen molar-refractivity contribution in [2.75, 3.05) is 6.61 Å². The molecule has 5 heteroatoms. The van der Waals surface area contributed by atoms with Gasteiger partial charge in [-0.1, -0.05) is 13.3 Å². The molecular weight excluding hydrogens is 224 g/mol. The van der Waals surface area contributed by atoms with E-state index in [1.54, 1.807) is 0 Å². The molecule has 0 amide bonds. The van der Waals surface area contributed by atoms with E-state index in [1.807, 2.05) is 6.92 Å². The molecule has 1 aliphatic heterocycles. The smallest absolute Gasteiger partial charge is 0.164 e. The lowest BCUT2D eigenvalue weighted by molar-refractivity contribution is -0.125. The normalized spacial score (nSPS) is 38.2. The summed E-state index contributed by atoms with van der Waals surface area (Å²) in [4.78, 5) is 11.7. The van der Waals surface area contributed by atoms with E-state index >= 15 is 0 Å². The van der Waals surface area contributed by atoms with Gasteiger partial charge in [0.15, 0.2) is 5.78 Å². The van der Waals surface area contributed by atoms with Gasteiger partial charge in [-0.3, -0.25) is 4.79 Å². The van der Waals surface area contributed by atoms with Crippen molar-refractivity contribution in [1.82, 2.24) is 0 Å². The molecule has 2 aliphatic rings. The molecule has 0 saturated heterocycles. The highest BCUT2D eigenvalue weighted by Crippen LogP contribution is 2.32. The SMILES string of the molecule is CCC[C@H]1OCC2=C([C@@H](O)[C@@H](O)CC2=O)[C@@H]1O. The predicted molar refractivity (Wildman–Crippen MR) is 59.3 cm³/mol. The zero-order valence-corrected chi connectivity index (χ0v) is 9.80. The first kappa shape index (κ1) is 12.7. The van der Waals surface area contributed by atoms with Gasteiger partial charge in [-0.25, -0.2) is 0 Å². The Kier molecular flexibility index (Phi) is 3.63. The summed E-state index contributed by atoms with van der Waals surface area (Å²) in [6.45, 7) is 2.09. The Bertz CT molecular complexity index is 349. The fraction of sp³-hybridized carbons (Fsp3) is 0.750. The number of ether oxygens (including phenoxy) is 1. The fourth-order valence-electron chi connectivity index (χ4n) is 2.50. The van der Waals surface area contributed by atoms with Crippen LogP contribution >= 0.6 is 0 Å². The van der Waals surface area contributed by atoms with Crippen molar-refractivity contribution in [2.45, 2.75) is 50.6 Å². The quantitative estimate of drug-likeness (QED) is 0.610. The molecule has 4 atom stereocenters. The van der Waals surface area contributed by atoms with Gasteiger partial charge in [0.05, 0.1) is 18.8 Å². The lowest BCUT2D eigenvalue weighted by Gasteiger charge is -2.38. The van der Waals surface area contributed by atoms with Gasteiger partial charge >= 0.3 is 0 Å². The van der Waals surface area contributed by atoms with E-state index < -0.39 is 24.4 Å². The van der Waals surface area contributed by atoms with E-state index in [1.165, 1.54) is 0 Å². The summed E-state index contributed by atoms with van der Waals surface area (Å²) in [6, 6.07) is 0. The Morgan fingerprint density at radius 2 is 2.00 bits per heavy atom. The third kappa shape index (κ3) is 2.15. The van der Waals surface area contributed by atoms with Gasteiger partial charge in [0.1, 0.15) is 12.2 Å². The van der Waals surface area contributed by atoms with Crippen LogP contribution in [0.25, 0.3) is 0 Å². The Morgan fingerprint density at radius 3 is 2.65 bits per heavy atom. The molecule has 0 unspecified atom stereocenters. The molecule has 0 aromatic rings. The van der Waals surface area contributed by atoms with Gasteiger partial charge in [0.25, 0.3) is 0 Å². The van der Waals surface area contributed by atoms with Crippen LogP contribution in [0.15, 0.2) is 11.1 Å². The van der Waals surface area contributed by atoms with Crippen molar-refractivity contribution >= 4 is 5.78 Å². The van der Waals surface area contributed by atoms with Crippen LogP contribution in [-0.4, -0.2) is 52.1 Å². The lowest BCUT2D eigenvalue weighted by atomic mass is 9.80. The van der Waals surface area contributed by atoms with E-state index in [9.17, 15) is 20.1 Å². The topological polar surface area (TPSA) is 87.0 Å². The largest absolute Gasteiger partial charge is 0.390 e. The van der Waals surface area contributed by atoms with Crippen LogP contribution in [-0.2, 0) is 9.53 Å². The van der Waals surface area contributed by atoms with E-state index in [0.29, 0.717) is 12.0 Å². The second-order valence-corrected chi connectivity index (χ2v) is 4.66. The molecule has 1 aliphatic carbocycles. The molecule has 3 N–H and O–H groups in total. The standard InChI is InChI=1S/C12H18O5/c1-2-3-9-12(16)10-6(5-17-9)7(13)4-8(14)11(10)15/h8-9,11-12,14-16H,2-5H2,1H3/t8-,9+,11-,12+/m0/s1. The minimum absolute atomic E-state index is 0.103. The van der Waals surface area contributed by atoms with Crippen LogP contribution in [0.1, 0.15) is 26.2 Å². The predicted octanol–water partition coefficient (Wildman–Crippen LogP) is -0.463. The second kappa shape index (κ2) is 4.86. The minimum atomic E-state index is -1.15. The maximum absolute atomic E-state index is 11.7. The summed E-state index contributed by atoms with van der Waals surface area (Å²) in [5.41, 5.74) is 0.598. The summed E-state index contributed by atoms with van der Waals surface area (Å²) in [6.07, 6.45) is -2.25. The van der Waals surface area contributed by atoms with Gasteiger partial charge in [-0.2, -0.15) is 0 Å². The van der Waals surface area contributed by atoms with Crippen LogP contribution < -0.4 is 0 Å². The molecule has 2 rings (SSSR count). The number of hydrogen-bond donors (Lipinski definition) is 3. The molecule has 0 saturated carbocycles. The third-order valence-corrected chi connectivity index (χ3v) is 3.45. The maximum atomic E-state index is 11.7. The summed E-state index contributed by atoms with van der Waals surface area (Å²) in [5.74, 6) is -0.244. The molecule has 96 valence electrons. The Hall–Kier alpha value is -0.750. The van der Waals surface area contributed by atoms with Gasteiger partial charge in [0, 0.05) is 17.6 Å². The van der Waals surface area contributed by atoms with E-state index in [4.69, 9.17) is 4.74 Å². The Labute approximate surface area is 99.7 Å². The average molecular weight is 242 g/mol. The van der Waals surface area contributed by atoms with Crippen LogP contribution in [0.4, 0.5) is 0 Å². The maximum Gasteiger partial charge on any atom is 0.164 e. The van der Waals surface area contributed by atoms with Crippen molar-refractivity contribution in [1.29, 1.82) is 0 Å². The first-order chi connectivity index (χ1) is 8.06. The van der Waals surface area contributed by atoms with Crippen molar-refractivity contribution in [3.63, 3.8) is 0 Å². The molecular formula is C12H18O5.